The molecular formula is C16H26N2O3. The first-order chi connectivity index (χ1) is 9.98. The number of aliphatic carboxylic acids is 1. The average Bonchev–Trinajstić information content (AvgIpc) is 3.05. The topological polar surface area (TPSA) is 69.6 Å². The smallest absolute Gasteiger partial charge is 0.317 e. The number of amides is 2. The Morgan fingerprint density at radius 1 is 1.19 bits per heavy atom. The molecule has 0 spiro atoms. The molecule has 2 N–H and O–H groups in total. The maximum atomic E-state index is 12.3. The predicted molar refractivity (Wildman–Crippen MR) is 78.9 cm³/mol. The van der Waals surface area contributed by atoms with Crippen molar-refractivity contribution in [2.75, 3.05) is 13.1 Å². The fraction of sp³-hybridized carbons (Fsp3) is 0.875. The number of rotatable bonds is 2. The van der Waals surface area contributed by atoms with Gasteiger partial charge in [0.05, 0.1) is 5.41 Å². The lowest BCUT2D eigenvalue weighted by Crippen LogP contribution is -2.47. The van der Waals surface area contributed by atoms with Crippen molar-refractivity contribution in [3.63, 3.8) is 0 Å². The minimum Gasteiger partial charge on any atom is -0.481 e. The number of nitrogens with one attached hydrogen (secondary N) is 1. The first-order valence-corrected chi connectivity index (χ1v) is 8.27. The highest BCUT2D eigenvalue weighted by Gasteiger charge is 2.43. The molecule has 0 aromatic heterocycles. The van der Waals surface area contributed by atoms with Crippen molar-refractivity contribution in [1.29, 1.82) is 0 Å². The molecule has 5 nitrogen and oxygen atoms in total. The first-order valence-electron chi connectivity index (χ1n) is 8.27. The van der Waals surface area contributed by atoms with Gasteiger partial charge in [0.1, 0.15) is 0 Å². The molecule has 2 amide bonds. The van der Waals surface area contributed by atoms with Gasteiger partial charge in [-0.15, -0.1) is 0 Å². The van der Waals surface area contributed by atoms with E-state index in [9.17, 15) is 14.7 Å². The van der Waals surface area contributed by atoms with Crippen LogP contribution >= 0.6 is 0 Å². The predicted octanol–water partition coefficient (Wildman–Crippen LogP) is 2.46. The monoisotopic (exact) mass is 294 g/mol. The van der Waals surface area contributed by atoms with E-state index < -0.39 is 11.4 Å². The zero-order valence-electron chi connectivity index (χ0n) is 12.8. The second-order valence-corrected chi connectivity index (χ2v) is 7.45. The zero-order chi connectivity index (χ0) is 15.0. The molecule has 0 radical (unpaired) electrons. The molecule has 3 aliphatic rings. The number of carboxylic acid groups (broad SMARTS) is 1. The molecular weight excluding hydrogens is 268 g/mol. The van der Waals surface area contributed by atoms with Crippen LogP contribution in [0.2, 0.25) is 0 Å². The molecule has 0 aromatic rings. The molecule has 2 saturated carbocycles. The van der Waals surface area contributed by atoms with Crippen LogP contribution in [-0.2, 0) is 4.79 Å². The van der Waals surface area contributed by atoms with E-state index in [0.717, 1.165) is 24.7 Å². The Kier molecular flexibility index (Phi) is 3.84. The molecule has 4 unspecified atom stereocenters. The Balaban J connectivity index is 1.52. The van der Waals surface area contributed by atoms with Gasteiger partial charge < -0.3 is 15.3 Å². The lowest BCUT2D eigenvalue weighted by molar-refractivity contribution is -0.146. The third-order valence-corrected chi connectivity index (χ3v) is 5.89. The Morgan fingerprint density at radius 3 is 2.67 bits per heavy atom. The zero-order valence-corrected chi connectivity index (χ0v) is 12.8. The Bertz CT molecular complexity index is 439. The highest BCUT2D eigenvalue weighted by atomic mass is 16.4. The Labute approximate surface area is 126 Å². The summed E-state index contributed by atoms with van der Waals surface area (Å²) in [7, 11) is 0. The second-order valence-electron chi connectivity index (χ2n) is 7.45. The molecule has 5 heteroatoms. The van der Waals surface area contributed by atoms with Crippen LogP contribution in [-0.4, -0.2) is 41.1 Å². The molecule has 0 bridgehead atoms. The number of carboxylic acids is 1. The number of carbonyl (C=O) groups is 2. The summed E-state index contributed by atoms with van der Waals surface area (Å²) in [6.07, 6.45) is 8.01. The fourth-order valence-corrected chi connectivity index (χ4v) is 4.41. The summed E-state index contributed by atoms with van der Waals surface area (Å²) < 4.78 is 0. The summed E-state index contributed by atoms with van der Waals surface area (Å²) in [6.45, 7) is 2.60. The van der Waals surface area contributed by atoms with E-state index in [1.54, 1.807) is 11.8 Å². The Hall–Kier alpha value is -1.26. The van der Waals surface area contributed by atoms with Crippen LogP contribution in [0.3, 0.4) is 0 Å². The molecule has 2 aliphatic carbocycles. The summed E-state index contributed by atoms with van der Waals surface area (Å²) in [5, 5.41) is 12.4. The molecule has 1 saturated heterocycles. The number of hydrogen-bond acceptors (Lipinski definition) is 2. The quantitative estimate of drug-likeness (QED) is 0.822. The van der Waals surface area contributed by atoms with E-state index >= 15 is 0 Å². The van der Waals surface area contributed by atoms with Gasteiger partial charge in [0.15, 0.2) is 0 Å². The van der Waals surface area contributed by atoms with Gasteiger partial charge in [-0.05, 0) is 44.4 Å². The average molecular weight is 294 g/mol. The van der Waals surface area contributed by atoms with Crippen molar-refractivity contribution >= 4 is 12.0 Å². The van der Waals surface area contributed by atoms with E-state index in [4.69, 9.17) is 0 Å². The van der Waals surface area contributed by atoms with Crippen LogP contribution < -0.4 is 5.32 Å². The third kappa shape index (κ3) is 2.87. The first kappa shape index (κ1) is 14.7. The maximum Gasteiger partial charge on any atom is 0.317 e. The number of hydrogen-bond donors (Lipinski definition) is 2. The minimum absolute atomic E-state index is 0.0681. The minimum atomic E-state index is -0.802. The van der Waals surface area contributed by atoms with Gasteiger partial charge in [-0.2, -0.15) is 0 Å². The summed E-state index contributed by atoms with van der Waals surface area (Å²) in [5.41, 5.74) is -0.777. The summed E-state index contributed by atoms with van der Waals surface area (Å²) >= 11 is 0. The molecule has 3 fully saturated rings. The van der Waals surface area contributed by atoms with E-state index in [1.807, 2.05) is 0 Å². The van der Waals surface area contributed by atoms with Crippen molar-refractivity contribution in [2.45, 2.75) is 57.9 Å². The lowest BCUT2D eigenvalue weighted by atomic mass is 9.79. The highest BCUT2D eigenvalue weighted by Crippen LogP contribution is 2.42. The number of nitrogens with zero attached hydrogens (tertiary/aromatic N) is 1. The Morgan fingerprint density at radius 2 is 1.95 bits per heavy atom. The van der Waals surface area contributed by atoms with Gasteiger partial charge in [-0.3, -0.25) is 4.79 Å². The van der Waals surface area contributed by atoms with Crippen molar-refractivity contribution in [3.8, 4) is 0 Å². The fourth-order valence-electron chi connectivity index (χ4n) is 4.41. The molecule has 0 aromatic carbocycles. The van der Waals surface area contributed by atoms with E-state index in [2.05, 4.69) is 5.32 Å². The molecule has 118 valence electrons. The molecule has 1 aliphatic heterocycles. The van der Waals surface area contributed by atoms with Crippen LogP contribution in [0.1, 0.15) is 51.9 Å². The van der Waals surface area contributed by atoms with Crippen molar-refractivity contribution < 1.29 is 14.7 Å². The van der Waals surface area contributed by atoms with Gasteiger partial charge in [-0.25, -0.2) is 4.79 Å². The second kappa shape index (κ2) is 5.50. The summed E-state index contributed by atoms with van der Waals surface area (Å²) in [6, 6.07) is 0.218. The lowest BCUT2D eigenvalue weighted by Gasteiger charge is -2.33. The normalized spacial score (nSPS) is 39.1. The van der Waals surface area contributed by atoms with Crippen LogP contribution in [0.25, 0.3) is 0 Å². The number of carbonyl (C=O) groups excluding carboxylic acids is 1. The van der Waals surface area contributed by atoms with Crippen LogP contribution in [0.5, 0.6) is 0 Å². The number of likely N-dealkylation sites (tertiary alicyclic amines) is 1. The van der Waals surface area contributed by atoms with Gasteiger partial charge >= 0.3 is 12.0 Å². The molecule has 4 atom stereocenters. The molecule has 1 heterocycles. The van der Waals surface area contributed by atoms with Crippen LogP contribution in [0.15, 0.2) is 0 Å². The van der Waals surface area contributed by atoms with Gasteiger partial charge in [0.25, 0.3) is 0 Å². The van der Waals surface area contributed by atoms with Gasteiger partial charge in [0.2, 0.25) is 0 Å². The van der Waals surface area contributed by atoms with E-state index in [-0.39, 0.29) is 12.1 Å². The number of fused-ring (bicyclic) bond motifs is 1. The highest BCUT2D eigenvalue weighted by molar-refractivity contribution is 5.79. The molecule has 21 heavy (non-hydrogen) atoms. The largest absolute Gasteiger partial charge is 0.481 e. The van der Waals surface area contributed by atoms with Crippen molar-refractivity contribution in [2.24, 2.45) is 17.3 Å². The SMILES string of the molecule is CC1(C(=O)O)CCN(C(=O)NC2CCC3CCCC3C2)C1. The molecule has 3 rings (SSSR count). The van der Waals surface area contributed by atoms with E-state index in [1.165, 1.54) is 25.7 Å². The van der Waals surface area contributed by atoms with E-state index in [0.29, 0.717) is 19.5 Å². The van der Waals surface area contributed by atoms with Crippen molar-refractivity contribution in [1.82, 2.24) is 10.2 Å². The third-order valence-electron chi connectivity index (χ3n) is 5.89. The summed E-state index contributed by atoms with van der Waals surface area (Å²) in [4.78, 5) is 25.3. The van der Waals surface area contributed by atoms with Crippen LogP contribution in [0, 0.1) is 17.3 Å². The van der Waals surface area contributed by atoms with Gasteiger partial charge in [0, 0.05) is 19.1 Å². The maximum absolute atomic E-state index is 12.3. The summed E-state index contributed by atoms with van der Waals surface area (Å²) in [5.74, 6) is 0.886. The van der Waals surface area contributed by atoms with Crippen LogP contribution in [0.4, 0.5) is 4.79 Å². The standard InChI is InChI=1S/C16H26N2O3/c1-16(14(19)20)7-8-18(10-16)15(21)17-13-6-5-11-3-2-4-12(11)9-13/h11-13H,2-10H2,1H3,(H,17,21)(H,19,20). The van der Waals surface area contributed by atoms with Gasteiger partial charge in [-0.1, -0.05) is 19.3 Å². The van der Waals surface area contributed by atoms with Crippen molar-refractivity contribution in [3.05, 3.63) is 0 Å². The number of urea groups is 1.